The predicted octanol–water partition coefficient (Wildman–Crippen LogP) is 5.79. The van der Waals surface area contributed by atoms with Gasteiger partial charge in [0.15, 0.2) is 5.16 Å². The Morgan fingerprint density at radius 3 is 2.47 bits per heavy atom. The van der Waals surface area contributed by atoms with Crippen molar-refractivity contribution in [3.05, 3.63) is 34.9 Å². The lowest BCUT2D eigenvalue weighted by Gasteiger charge is -2.56. The van der Waals surface area contributed by atoms with Crippen LogP contribution in [-0.4, -0.2) is 20.7 Å². The largest absolute Gasteiger partial charge is 0.295 e. The summed E-state index contributed by atoms with van der Waals surface area (Å²) in [4.78, 5) is 13.0. The first kappa shape index (κ1) is 20.4. The lowest BCUT2D eigenvalue weighted by atomic mass is 9.49. The number of amides is 1. The molecule has 4 aliphatic rings. The Labute approximate surface area is 187 Å². The highest BCUT2D eigenvalue weighted by Gasteiger charge is 2.51. The maximum atomic E-state index is 13.0. The average Bonchev–Trinajstić information content (AvgIpc) is 3.07. The van der Waals surface area contributed by atoms with Gasteiger partial charge in [-0.15, -0.1) is 10.2 Å². The summed E-state index contributed by atoms with van der Waals surface area (Å²) in [5, 5.41) is 13.3. The van der Waals surface area contributed by atoms with Gasteiger partial charge in [0.05, 0.1) is 0 Å². The second-order valence-corrected chi connectivity index (χ2v) is 10.9. The number of carbonyl (C=O) groups is 1. The van der Waals surface area contributed by atoms with Crippen molar-refractivity contribution in [3.63, 3.8) is 0 Å². The van der Waals surface area contributed by atoms with Gasteiger partial charge in [0.1, 0.15) is 0 Å². The predicted molar refractivity (Wildman–Crippen MR) is 121 cm³/mol. The van der Waals surface area contributed by atoms with Crippen LogP contribution in [-0.2, 0) is 17.1 Å². The molecule has 0 radical (unpaired) electrons. The zero-order chi connectivity index (χ0) is 20.7. The molecule has 0 spiro atoms. The third-order valence-electron chi connectivity index (χ3n) is 7.30. The number of carbonyl (C=O) groups excluding carboxylic acids is 1. The van der Waals surface area contributed by atoms with Gasteiger partial charge in [-0.05, 0) is 80.2 Å². The molecule has 0 unspecified atom stereocenters. The van der Waals surface area contributed by atoms with Gasteiger partial charge in [-0.3, -0.25) is 14.7 Å². The Hall–Kier alpha value is -1.53. The number of benzene rings is 1. The van der Waals surface area contributed by atoms with E-state index in [0.717, 1.165) is 39.2 Å². The molecule has 0 atom stereocenters. The Balaban J connectivity index is 1.24. The summed E-state index contributed by atoms with van der Waals surface area (Å²) in [5.41, 5.74) is 1.31. The highest BCUT2D eigenvalue weighted by molar-refractivity contribution is 7.98. The lowest BCUT2D eigenvalue weighted by Crippen LogP contribution is -2.47. The third-order valence-corrected chi connectivity index (χ3v) is 8.68. The number of anilines is 1. The van der Waals surface area contributed by atoms with Crippen LogP contribution >= 0.6 is 23.4 Å². The van der Waals surface area contributed by atoms with E-state index in [2.05, 4.69) is 22.4 Å². The first-order valence-electron chi connectivity index (χ1n) is 11.1. The topological polar surface area (TPSA) is 59.8 Å². The van der Waals surface area contributed by atoms with E-state index in [4.69, 9.17) is 11.6 Å². The molecule has 4 fully saturated rings. The van der Waals surface area contributed by atoms with Crippen LogP contribution in [0.2, 0.25) is 5.02 Å². The van der Waals surface area contributed by atoms with Crippen molar-refractivity contribution in [1.29, 1.82) is 0 Å². The zero-order valence-electron chi connectivity index (χ0n) is 17.4. The molecule has 2 aromatic rings. The number of nitrogens with one attached hydrogen (secondary N) is 1. The summed E-state index contributed by atoms with van der Waals surface area (Å²) < 4.78 is 1.99. The molecular weight excluding hydrogens is 416 g/mol. The molecule has 4 bridgehead atoms. The Morgan fingerprint density at radius 1 is 1.17 bits per heavy atom. The Bertz CT molecular complexity index is 908. The molecule has 1 aromatic carbocycles. The van der Waals surface area contributed by atoms with E-state index in [1.165, 1.54) is 38.5 Å². The minimum absolute atomic E-state index is 0.0988. The van der Waals surface area contributed by atoms with Gasteiger partial charge in [0.25, 0.3) is 0 Å². The number of nitrogens with zero attached hydrogens (tertiary/aromatic N) is 3. The summed E-state index contributed by atoms with van der Waals surface area (Å²) in [6.07, 6.45) is 8.56. The second-order valence-electron chi connectivity index (χ2n) is 9.57. The van der Waals surface area contributed by atoms with E-state index in [-0.39, 0.29) is 11.3 Å². The summed E-state index contributed by atoms with van der Waals surface area (Å²) in [6.45, 7) is 2.77. The molecule has 0 saturated heterocycles. The van der Waals surface area contributed by atoms with Crippen LogP contribution in [0.4, 0.5) is 5.95 Å². The summed E-state index contributed by atoms with van der Waals surface area (Å²) >= 11 is 7.87. The molecule has 1 amide bonds. The molecule has 1 N–H and O–H groups in total. The normalized spacial score (nSPS) is 29.3. The van der Waals surface area contributed by atoms with Crippen molar-refractivity contribution in [2.75, 3.05) is 5.32 Å². The molecule has 6 rings (SSSR count). The molecule has 4 aliphatic carbocycles. The first-order chi connectivity index (χ1) is 14.5. The fourth-order valence-electron chi connectivity index (χ4n) is 6.55. The molecule has 0 aliphatic heterocycles. The number of hydrogen-bond donors (Lipinski definition) is 1. The molecule has 5 nitrogen and oxygen atoms in total. The van der Waals surface area contributed by atoms with Gasteiger partial charge in [0.2, 0.25) is 11.9 Å². The minimum Gasteiger partial charge on any atom is -0.295 e. The van der Waals surface area contributed by atoms with E-state index in [1.807, 2.05) is 28.8 Å². The number of rotatable bonds is 7. The van der Waals surface area contributed by atoms with E-state index in [9.17, 15) is 4.79 Å². The van der Waals surface area contributed by atoms with E-state index >= 15 is 0 Å². The summed E-state index contributed by atoms with van der Waals surface area (Å²) in [6, 6.07) is 7.85. The zero-order valence-corrected chi connectivity index (χ0v) is 19.0. The van der Waals surface area contributed by atoms with Crippen molar-refractivity contribution >= 4 is 35.2 Å². The van der Waals surface area contributed by atoms with Crippen LogP contribution in [0.25, 0.3) is 0 Å². The van der Waals surface area contributed by atoms with Crippen molar-refractivity contribution in [1.82, 2.24) is 14.8 Å². The number of aromatic nitrogens is 3. The van der Waals surface area contributed by atoms with Crippen LogP contribution in [0.5, 0.6) is 0 Å². The van der Waals surface area contributed by atoms with Crippen molar-refractivity contribution in [2.45, 2.75) is 69.3 Å². The van der Waals surface area contributed by atoms with E-state index < -0.39 is 0 Å². The van der Waals surface area contributed by atoms with E-state index in [0.29, 0.717) is 18.9 Å². The molecule has 7 heteroatoms. The van der Waals surface area contributed by atoms with Gasteiger partial charge < -0.3 is 0 Å². The lowest BCUT2D eigenvalue weighted by molar-refractivity contribution is -0.124. The van der Waals surface area contributed by atoms with Crippen LogP contribution in [0.15, 0.2) is 29.4 Å². The average molecular weight is 445 g/mol. The Kier molecular flexibility index (Phi) is 5.56. The fraction of sp³-hybridized carbons (Fsp3) is 0.609. The standard InChI is InChI=1S/C23H29ClN4OS/c1-2-28-21(26-27-22(28)30-14-18-5-3-4-6-19(18)24)25-20(29)13-23-10-15-7-16(11-23)9-17(8-15)12-23/h3-6,15-17H,2,7-14H2,1H3,(H,25,26,29). The fourth-order valence-corrected chi connectivity index (χ4v) is 7.83. The number of halogens is 1. The maximum absolute atomic E-state index is 13.0. The van der Waals surface area contributed by atoms with Gasteiger partial charge in [0, 0.05) is 23.7 Å². The monoisotopic (exact) mass is 444 g/mol. The van der Waals surface area contributed by atoms with Crippen molar-refractivity contribution in [2.24, 2.45) is 23.2 Å². The minimum atomic E-state index is 0.0988. The summed E-state index contributed by atoms with van der Waals surface area (Å²) in [5.74, 6) is 3.96. The molecule has 30 heavy (non-hydrogen) atoms. The highest BCUT2D eigenvalue weighted by atomic mass is 35.5. The van der Waals surface area contributed by atoms with Crippen LogP contribution in [0.3, 0.4) is 0 Å². The molecule has 4 saturated carbocycles. The maximum Gasteiger partial charge on any atom is 0.231 e. The molecule has 1 heterocycles. The van der Waals surface area contributed by atoms with Gasteiger partial charge >= 0.3 is 0 Å². The van der Waals surface area contributed by atoms with Gasteiger partial charge in [-0.25, -0.2) is 0 Å². The van der Waals surface area contributed by atoms with Crippen LogP contribution in [0, 0.1) is 23.2 Å². The number of hydrogen-bond acceptors (Lipinski definition) is 4. The smallest absolute Gasteiger partial charge is 0.231 e. The quantitative estimate of drug-likeness (QED) is 0.549. The van der Waals surface area contributed by atoms with E-state index in [1.54, 1.807) is 11.8 Å². The highest BCUT2D eigenvalue weighted by Crippen LogP contribution is 2.61. The molecule has 160 valence electrons. The first-order valence-corrected chi connectivity index (χ1v) is 12.5. The van der Waals surface area contributed by atoms with Crippen molar-refractivity contribution in [3.8, 4) is 0 Å². The SMILES string of the molecule is CCn1c(NC(=O)CC23CC4CC(CC(C4)C2)C3)nnc1SCc1ccccc1Cl. The summed E-state index contributed by atoms with van der Waals surface area (Å²) in [7, 11) is 0. The second kappa shape index (κ2) is 8.19. The number of thioether (sulfide) groups is 1. The third kappa shape index (κ3) is 4.01. The molecular formula is C23H29ClN4OS. The van der Waals surface area contributed by atoms with Crippen LogP contribution < -0.4 is 5.32 Å². The van der Waals surface area contributed by atoms with Gasteiger partial charge in [-0.2, -0.15) is 0 Å². The van der Waals surface area contributed by atoms with Gasteiger partial charge in [-0.1, -0.05) is 41.6 Å². The Morgan fingerprint density at radius 2 is 1.83 bits per heavy atom. The van der Waals surface area contributed by atoms with Crippen molar-refractivity contribution < 1.29 is 4.79 Å². The molecule has 1 aromatic heterocycles. The van der Waals surface area contributed by atoms with Crippen LogP contribution in [0.1, 0.15) is 57.4 Å².